The number of rotatable bonds is 5. The molecular weight excluding hydrogens is 445 g/mol. The molecule has 6 nitrogen and oxygen atoms in total. The van der Waals surface area contributed by atoms with E-state index in [4.69, 9.17) is 0 Å². The van der Waals surface area contributed by atoms with Crippen molar-refractivity contribution in [3.05, 3.63) is 63.1 Å². The van der Waals surface area contributed by atoms with E-state index in [-0.39, 0.29) is 28.6 Å². The first-order valence-corrected chi connectivity index (χ1v) is 10.6. The van der Waals surface area contributed by atoms with Gasteiger partial charge in [0.25, 0.3) is 5.56 Å². The third kappa shape index (κ3) is 4.67. The van der Waals surface area contributed by atoms with Crippen molar-refractivity contribution in [1.29, 1.82) is 0 Å². The standard InChI is InChI=1S/C22H22F5N5O/c1-13-19(32(21(23)24)30-28-13)18-11-16(14-7-3-2-4-8-14)20(33)31(29-18)12-15-9-5-6-10-17(15)22(25,26)27/h5-6,9-11,14,21H,2-4,7-8,12H2,1H3. The Hall–Kier alpha value is -3.11. The zero-order valence-electron chi connectivity index (χ0n) is 17.8. The van der Waals surface area contributed by atoms with Gasteiger partial charge in [-0.3, -0.25) is 4.79 Å². The first-order valence-electron chi connectivity index (χ1n) is 10.6. The van der Waals surface area contributed by atoms with Crippen LogP contribution in [0, 0.1) is 6.92 Å². The summed E-state index contributed by atoms with van der Waals surface area (Å²) in [4.78, 5) is 13.3. The summed E-state index contributed by atoms with van der Waals surface area (Å²) in [5.41, 5.74) is -1.02. The molecule has 1 saturated carbocycles. The van der Waals surface area contributed by atoms with Crippen molar-refractivity contribution in [1.82, 2.24) is 24.8 Å². The van der Waals surface area contributed by atoms with Crippen LogP contribution in [-0.4, -0.2) is 24.8 Å². The molecule has 0 N–H and O–H groups in total. The fraction of sp³-hybridized carbons (Fsp3) is 0.455. The van der Waals surface area contributed by atoms with Crippen LogP contribution in [0.25, 0.3) is 11.4 Å². The second kappa shape index (κ2) is 9.03. The Labute approximate surface area is 186 Å². The molecule has 33 heavy (non-hydrogen) atoms. The fourth-order valence-electron chi connectivity index (χ4n) is 4.40. The minimum Gasteiger partial charge on any atom is -0.267 e. The molecule has 176 valence electrons. The lowest BCUT2D eigenvalue weighted by Crippen LogP contribution is -2.30. The number of hydrogen-bond donors (Lipinski definition) is 0. The minimum absolute atomic E-state index is 0.0301. The van der Waals surface area contributed by atoms with Gasteiger partial charge in [0.05, 0.1) is 17.8 Å². The summed E-state index contributed by atoms with van der Waals surface area (Å²) in [5.74, 6) is -0.117. The van der Waals surface area contributed by atoms with Crippen LogP contribution >= 0.6 is 0 Å². The number of aromatic nitrogens is 5. The quantitative estimate of drug-likeness (QED) is 0.477. The lowest BCUT2D eigenvalue weighted by Gasteiger charge is -2.23. The average molecular weight is 467 g/mol. The van der Waals surface area contributed by atoms with Crippen LogP contribution in [0.15, 0.2) is 35.1 Å². The van der Waals surface area contributed by atoms with Gasteiger partial charge in [0.2, 0.25) is 0 Å². The van der Waals surface area contributed by atoms with E-state index < -0.39 is 30.4 Å². The zero-order chi connectivity index (χ0) is 23.8. The zero-order valence-corrected chi connectivity index (χ0v) is 17.8. The molecule has 1 aromatic carbocycles. The summed E-state index contributed by atoms with van der Waals surface area (Å²) >= 11 is 0. The van der Waals surface area contributed by atoms with Gasteiger partial charge in [-0.15, -0.1) is 5.10 Å². The van der Waals surface area contributed by atoms with E-state index in [1.165, 1.54) is 31.2 Å². The Balaban J connectivity index is 1.89. The summed E-state index contributed by atoms with van der Waals surface area (Å²) in [7, 11) is 0. The second-order valence-electron chi connectivity index (χ2n) is 8.18. The van der Waals surface area contributed by atoms with Crippen LogP contribution in [0.3, 0.4) is 0 Å². The lowest BCUT2D eigenvalue weighted by atomic mass is 9.84. The van der Waals surface area contributed by atoms with Gasteiger partial charge in [-0.05, 0) is 43.4 Å². The average Bonchev–Trinajstić information content (AvgIpc) is 3.17. The molecule has 1 fully saturated rings. The maximum Gasteiger partial charge on any atom is 0.416 e. The van der Waals surface area contributed by atoms with E-state index in [1.54, 1.807) is 0 Å². The normalized spacial score (nSPS) is 15.4. The van der Waals surface area contributed by atoms with Crippen molar-refractivity contribution >= 4 is 0 Å². The minimum atomic E-state index is -4.61. The topological polar surface area (TPSA) is 65.6 Å². The summed E-state index contributed by atoms with van der Waals surface area (Å²) in [6.07, 6.45) is -0.281. The molecule has 0 atom stereocenters. The van der Waals surface area contributed by atoms with Crippen LogP contribution in [0.2, 0.25) is 0 Å². The molecule has 0 unspecified atom stereocenters. The Bertz CT molecular complexity index is 1190. The molecule has 3 aromatic rings. The molecule has 0 spiro atoms. The maximum absolute atomic E-state index is 13.5. The SMILES string of the molecule is Cc1nnn(C(F)F)c1-c1cc(C2CCCCC2)c(=O)n(Cc2ccccc2C(F)(F)F)n1. The Morgan fingerprint density at radius 1 is 1.12 bits per heavy atom. The van der Waals surface area contributed by atoms with Gasteiger partial charge >= 0.3 is 12.7 Å². The highest BCUT2D eigenvalue weighted by Gasteiger charge is 2.33. The van der Waals surface area contributed by atoms with Crippen LogP contribution < -0.4 is 5.56 Å². The molecule has 0 saturated heterocycles. The number of alkyl halides is 5. The van der Waals surface area contributed by atoms with Crippen molar-refractivity contribution in [2.24, 2.45) is 0 Å². The van der Waals surface area contributed by atoms with Crippen molar-refractivity contribution < 1.29 is 22.0 Å². The van der Waals surface area contributed by atoms with E-state index >= 15 is 0 Å². The van der Waals surface area contributed by atoms with Gasteiger partial charge in [-0.1, -0.05) is 42.7 Å². The van der Waals surface area contributed by atoms with Crippen molar-refractivity contribution in [3.8, 4) is 11.4 Å². The first-order chi connectivity index (χ1) is 15.7. The second-order valence-corrected chi connectivity index (χ2v) is 8.18. The third-order valence-corrected chi connectivity index (χ3v) is 5.98. The molecule has 4 rings (SSSR count). The Kier molecular flexibility index (Phi) is 6.31. The molecule has 1 aliphatic carbocycles. The number of halogens is 5. The van der Waals surface area contributed by atoms with Gasteiger partial charge in [-0.2, -0.15) is 31.7 Å². The van der Waals surface area contributed by atoms with Crippen LogP contribution in [-0.2, 0) is 12.7 Å². The highest BCUT2D eigenvalue weighted by molar-refractivity contribution is 5.57. The summed E-state index contributed by atoms with van der Waals surface area (Å²) < 4.78 is 68.9. The molecule has 0 amide bonds. The molecular formula is C22H22F5N5O. The third-order valence-electron chi connectivity index (χ3n) is 5.98. The highest BCUT2D eigenvalue weighted by Crippen LogP contribution is 2.34. The molecule has 11 heteroatoms. The Morgan fingerprint density at radius 3 is 2.48 bits per heavy atom. The smallest absolute Gasteiger partial charge is 0.267 e. The number of aryl methyl sites for hydroxylation is 1. The molecule has 2 aromatic heterocycles. The van der Waals surface area contributed by atoms with Gasteiger partial charge < -0.3 is 0 Å². The van der Waals surface area contributed by atoms with Crippen LogP contribution in [0.5, 0.6) is 0 Å². The summed E-state index contributed by atoms with van der Waals surface area (Å²) in [6.45, 7) is -1.96. The number of nitrogens with zero attached hydrogens (tertiary/aromatic N) is 5. The molecule has 0 bridgehead atoms. The maximum atomic E-state index is 13.5. The van der Waals surface area contributed by atoms with Gasteiger partial charge in [0.1, 0.15) is 11.4 Å². The fourth-order valence-corrected chi connectivity index (χ4v) is 4.40. The monoisotopic (exact) mass is 467 g/mol. The molecule has 0 radical (unpaired) electrons. The summed E-state index contributed by atoms with van der Waals surface area (Å²) in [5, 5.41) is 11.3. The highest BCUT2D eigenvalue weighted by atomic mass is 19.4. The lowest BCUT2D eigenvalue weighted by molar-refractivity contribution is -0.138. The van der Waals surface area contributed by atoms with Gasteiger partial charge in [0.15, 0.2) is 0 Å². The van der Waals surface area contributed by atoms with E-state index in [9.17, 15) is 26.7 Å². The predicted octanol–water partition coefficient (Wildman–Crippen LogP) is 5.32. The number of hydrogen-bond acceptors (Lipinski definition) is 4. The van der Waals surface area contributed by atoms with E-state index in [0.29, 0.717) is 10.2 Å². The number of benzene rings is 1. The van der Waals surface area contributed by atoms with E-state index in [0.717, 1.165) is 42.9 Å². The predicted molar refractivity (Wildman–Crippen MR) is 110 cm³/mol. The largest absolute Gasteiger partial charge is 0.416 e. The van der Waals surface area contributed by atoms with Crippen molar-refractivity contribution in [3.63, 3.8) is 0 Å². The van der Waals surface area contributed by atoms with E-state index in [1.807, 2.05) is 0 Å². The Morgan fingerprint density at radius 2 is 1.82 bits per heavy atom. The van der Waals surface area contributed by atoms with Crippen molar-refractivity contribution in [2.75, 3.05) is 0 Å². The van der Waals surface area contributed by atoms with Crippen LogP contribution in [0.4, 0.5) is 22.0 Å². The van der Waals surface area contributed by atoms with Crippen LogP contribution in [0.1, 0.15) is 67.0 Å². The van der Waals surface area contributed by atoms with E-state index in [2.05, 4.69) is 15.4 Å². The molecule has 0 aliphatic heterocycles. The van der Waals surface area contributed by atoms with Crippen molar-refractivity contribution in [2.45, 2.75) is 64.2 Å². The van der Waals surface area contributed by atoms with Gasteiger partial charge in [-0.25, -0.2) is 4.68 Å². The molecule has 2 heterocycles. The molecule has 1 aliphatic rings. The van der Waals surface area contributed by atoms with Gasteiger partial charge in [0, 0.05) is 5.56 Å². The summed E-state index contributed by atoms with van der Waals surface area (Å²) in [6, 6.07) is 6.39. The first kappa shape index (κ1) is 23.1.